The van der Waals surface area contributed by atoms with Gasteiger partial charge in [-0.1, -0.05) is 11.6 Å². The van der Waals surface area contributed by atoms with Crippen molar-refractivity contribution >= 4 is 59.1 Å². The van der Waals surface area contributed by atoms with Crippen molar-refractivity contribution in [1.29, 1.82) is 0 Å². The monoisotopic (exact) mass is 483 g/mol. The van der Waals surface area contributed by atoms with Crippen molar-refractivity contribution in [3.63, 3.8) is 0 Å². The first kappa shape index (κ1) is 21.6. The fraction of sp³-hybridized carbons (Fsp3) is 0.625. The summed E-state index contributed by atoms with van der Waals surface area (Å²) in [5, 5.41) is 7.57. The van der Waals surface area contributed by atoms with Crippen LogP contribution in [0.25, 0.3) is 0 Å². The standard InChI is InChI=1S/C16H26ClN5S.HI/c1-3-18-16(20-9-5-11-23-2)21-13-7-10-22(12-13)15-14(17)6-4-8-19-15;/h4,6,8,13H,3,5,7,9-12H2,1-2H3,(H2,18,20,21);1H. The van der Waals surface area contributed by atoms with Gasteiger partial charge in [0.1, 0.15) is 5.82 Å². The van der Waals surface area contributed by atoms with Crippen molar-refractivity contribution in [2.45, 2.75) is 25.8 Å². The first-order valence-corrected chi connectivity index (χ1v) is 9.91. The summed E-state index contributed by atoms with van der Waals surface area (Å²) >= 11 is 8.11. The zero-order chi connectivity index (χ0) is 16.5. The van der Waals surface area contributed by atoms with Crippen molar-refractivity contribution in [2.24, 2.45) is 4.99 Å². The molecule has 0 spiro atoms. The average molecular weight is 484 g/mol. The topological polar surface area (TPSA) is 52.6 Å². The molecule has 1 aromatic rings. The summed E-state index contributed by atoms with van der Waals surface area (Å²) in [6.07, 6.45) is 6.09. The normalized spacial score (nSPS) is 17.5. The lowest BCUT2D eigenvalue weighted by Crippen LogP contribution is -2.44. The molecule has 1 saturated heterocycles. The maximum absolute atomic E-state index is 6.24. The fourth-order valence-electron chi connectivity index (χ4n) is 2.59. The van der Waals surface area contributed by atoms with E-state index in [-0.39, 0.29) is 24.0 Å². The summed E-state index contributed by atoms with van der Waals surface area (Å²) in [7, 11) is 0. The van der Waals surface area contributed by atoms with Gasteiger partial charge in [0.2, 0.25) is 0 Å². The van der Waals surface area contributed by atoms with Crippen LogP contribution in [-0.2, 0) is 0 Å². The van der Waals surface area contributed by atoms with E-state index in [4.69, 9.17) is 11.6 Å². The highest BCUT2D eigenvalue weighted by Gasteiger charge is 2.25. The fourth-order valence-corrected chi connectivity index (χ4v) is 3.25. The summed E-state index contributed by atoms with van der Waals surface area (Å²) < 4.78 is 0. The van der Waals surface area contributed by atoms with Crippen LogP contribution in [0, 0.1) is 0 Å². The molecule has 1 aliphatic rings. The number of nitrogens with zero attached hydrogens (tertiary/aromatic N) is 3. The molecule has 1 unspecified atom stereocenters. The van der Waals surface area contributed by atoms with Crippen LogP contribution in [0.5, 0.6) is 0 Å². The highest BCUT2D eigenvalue weighted by atomic mass is 127. The Balaban J connectivity index is 0.00000288. The lowest BCUT2D eigenvalue weighted by atomic mass is 10.3. The molecule has 24 heavy (non-hydrogen) atoms. The molecule has 0 aliphatic carbocycles. The molecular formula is C16H27ClIN5S. The van der Waals surface area contributed by atoms with E-state index >= 15 is 0 Å². The maximum Gasteiger partial charge on any atom is 0.191 e. The van der Waals surface area contributed by atoms with Crippen LogP contribution < -0.4 is 15.5 Å². The van der Waals surface area contributed by atoms with Gasteiger partial charge in [0.15, 0.2) is 5.96 Å². The second-order valence-corrected chi connectivity index (χ2v) is 6.88. The average Bonchev–Trinajstić information content (AvgIpc) is 3.00. The van der Waals surface area contributed by atoms with E-state index in [9.17, 15) is 0 Å². The van der Waals surface area contributed by atoms with Crippen molar-refractivity contribution in [2.75, 3.05) is 43.1 Å². The quantitative estimate of drug-likeness (QED) is 0.270. The lowest BCUT2D eigenvalue weighted by molar-refractivity contribution is 0.648. The molecule has 8 heteroatoms. The smallest absolute Gasteiger partial charge is 0.191 e. The van der Waals surface area contributed by atoms with Crippen LogP contribution in [0.4, 0.5) is 5.82 Å². The molecule has 1 aliphatic heterocycles. The molecule has 1 aromatic heterocycles. The Kier molecular flexibility index (Phi) is 10.8. The van der Waals surface area contributed by atoms with E-state index in [1.165, 1.54) is 0 Å². The van der Waals surface area contributed by atoms with Crippen LogP contribution in [0.3, 0.4) is 0 Å². The van der Waals surface area contributed by atoms with E-state index in [2.05, 4.69) is 38.7 Å². The molecule has 0 amide bonds. The van der Waals surface area contributed by atoms with Gasteiger partial charge in [0.05, 0.1) is 5.02 Å². The van der Waals surface area contributed by atoms with Crippen molar-refractivity contribution in [3.05, 3.63) is 23.4 Å². The third-order valence-corrected chi connectivity index (χ3v) is 4.68. The van der Waals surface area contributed by atoms with Gasteiger partial charge in [-0.05, 0) is 43.9 Å². The summed E-state index contributed by atoms with van der Waals surface area (Å²) in [5.74, 6) is 2.94. The third-order valence-electron chi connectivity index (χ3n) is 3.69. The lowest BCUT2D eigenvalue weighted by Gasteiger charge is -2.20. The van der Waals surface area contributed by atoms with Crippen molar-refractivity contribution < 1.29 is 0 Å². The highest BCUT2D eigenvalue weighted by Crippen LogP contribution is 2.25. The third kappa shape index (κ3) is 6.84. The second kappa shape index (κ2) is 12.0. The Morgan fingerprint density at radius 3 is 3.08 bits per heavy atom. The molecule has 136 valence electrons. The number of halogens is 2. The SMILES string of the molecule is CCNC(=NCCCSC)NC1CCN(c2ncccc2Cl)C1.I. The van der Waals surface area contributed by atoms with Crippen LogP contribution in [0.2, 0.25) is 5.02 Å². The number of rotatable bonds is 7. The molecule has 0 aromatic carbocycles. The number of guanidine groups is 1. The first-order chi connectivity index (χ1) is 11.2. The molecule has 0 bridgehead atoms. The van der Waals surface area contributed by atoms with E-state index in [1.54, 1.807) is 6.20 Å². The first-order valence-electron chi connectivity index (χ1n) is 8.13. The van der Waals surface area contributed by atoms with Gasteiger partial charge >= 0.3 is 0 Å². The highest BCUT2D eigenvalue weighted by molar-refractivity contribution is 14.0. The Hall–Kier alpha value is -0.410. The molecule has 5 nitrogen and oxygen atoms in total. The molecule has 0 saturated carbocycles. The summed E-state index contributed by atoms with van der Waals surface area (Å²) in [4.78, 5) is 11.3. The van der Waals surface area contributed by atoms with Crippen LogP contribution in [0.1, 0.15) is 19.8 Å². The largest absolute Gasteiger partial charge is 0.357 e. The van der Waals surface area contributed by atoms with Crippen LogP contribution in [0.15, 0.2) is 23.3 Å². The predicted molar refractivity (Wildman–Crippen MR) is 117 cm³/mol. The molecule has 1 atom stereocenters. The molecule has 0 radical (unpaired) electrons. The van der Waals surface area contributed by atoms with Gasteiger partial charge in [-0.25, -0.2) is 4.98 Å². The minimum atomic E-state index is 0. The second-order valence-electron chi connectivity index (χ2n) is 5.49. The summed E-state index contributed by atoms with van der Waals surface area (Å²) in [6.45, 7) is 5.68. The zero-order valence-corrected chi connectivity index (χ0v) is 18.2. The summed E-state index contributed by atoms with van der Waals surface area (Å²) in [5.41, 5.74) is 0. The Bertz CT molecular complexity index is 517. The van der Waals surface area contributed by atoms with Crippen LogP contribution >= 0.6 is 47.3 Å². The number of aliphatic imine (C=N–C) groups is 1. The van der Waals surface area contributed by atoms with Crippen molar-refractivity contribution in [1.82, 2.24) is 15.6 Å². The van der Waals surface area contributed by atoms with Gasteiger partial charge in [0.25, 0.3) is 0 Å². The minimum absolute atomic E-state index is 0. The number of thioether (sulfide) groups is 1. The van der Waals surface area contributed by atoms with Gasteiger partial charge in [-0.15, -0.1) is 24.0 Å². The molecule has 1 fully saturated rings. The van der Waals surface area contributed by atoms with Gasteiger partial charge in [-0.2, -0.15) is 11.8 Å². The van der Waals surface area contributed by atoms with E-state index < -0.39 is 0 Å². The molecule has 2 heterocycles. The number of hydrogen-bond donors (Lipinski definition) is 2. The van der Waals surface area contributed by atoms with E-state index in [0.29, 0.717) is 11.1 Å². The van der Waals surface area contributed by atoms with Crippen LogP contribution in [-0.4, -0.2) is 55.2 Å². The van der Waals surface area contributed by atoms with Gasteiger partial charge in [0, 0.05) is 38.4 Å². The van der Waals surface area contributed by atoms with Crippen molar-refractivity contribution in [3.8, 4) is 0 Å². The number of aromatic nitrogens is 1. The van der Waals surface area contributed by atoms with Gasteiger partial charge in [-0.3, -0.25) is 4.99 Å². The number of hydrogen-bond acceptors (Lipinski definition) is 4. The Morgan fingerprint density at radius 2 is 2.38 bits per heavy atom. The maximum atomic E-state index is 6.24. The Morgan fingerprint density at radius 1 is 1.54 bits per heavy atom. The Labute approximate surface area is 171 Å². The number of nitrogens with one attached hydrogen (secondary N) is 2. The number of pyridine rings is 1. The molecule has 2 rings (SSSR count). The predicted octanol–water partition coefficient (Wildman–Crippen LogP) is 3.24. The zero-order valence-electron chi connectivity index (χ0n) is 14.3. The summed E-state index contributed by atoms with van der Waals surface area (Å²) in [6, 6.07) is 4.12. The van der Waals surface area contributed by atoms with Gasteiger partial charge < -0.3 is 15.5 Å². The van der Waals surface area contributed by atoms with E-state index in [1.807, 2.05) is 23.9 Å². The molecule has 2 N–H and O–H groups in total. The van der Waals surface area contributed by atoms with E-state index in [0.717, 1.165) is 56.6 Å². The minimum Gasteiger partial charge on any atom is -0.357 e. The number of anilines is 1. The molecular weight excluding hydrogens is 457 g/mol.